The van der Waals surface area contributed by atoms with Gasteiger partial charge < -0.3 is 0 Å². The Morgan fingerprint density at radius 3 is 1.03 bits per heavy atom. The van der Waals surface area contributed by atoms with Crippen LogP contribution in [0.2, 0.25) is 0 Å². The quantitative estimate of drug-likeness (QED) is 0.177. The molecular weight excluding hydrogens is 1180 g/mol. The summed E-state index contributed by atoms with van der Waals surface area (Å²) in [7, 11) is 0. The van der Waals surface area contributed by atoms with Gasteiger partial charge in [-0.3, -0.25) is 0 Å². The molecule has 0 fully saturated rings. The van der Waals surface area contributed by atoms with Crippen molar-refractivity contribution in [1.82, 2.24) is 0 Å². The zero-order valence-electron chi connectivity index (χ0n) is 13.7. The van der Waals surface area contributed by atoms with Gasteiger partial charge in [0.05, 0.1) is 0 Å². The van der Waals surface area contributed by atoms with Crippen molar-refractivity contribution in [2.75, 3.05) is 0 Å². The minimum absolute atomic E-state index is 0.904. The van der Waals surface area contributed by atoms with E-state index in [2.05, 4.69) is 197 Å². The molecule has 0 saturated carbocycles. The fraction of sp³-hybridized carbons (Fsp3) is 0. The van der Waals surface area contributed by atoms with Crippen LogP contribution in [0.4, 0.5) is 0 Å². The van der Waals surface area contributed by atoms with Crippen LogP contribution < -0.4 is 0 Å². The molecule has 3 aromatic rings. The van der Waals surface area contributed by atoms with E-state index in [0.717, 1.165) is 75.9 Å². The van der Waals surface area contributed by atoms with Crippen molar-refractivity contribution in [2.24, 2.45) is 0 Å². The smallest absolute Gasteiger partial charge is 0.0482 e. The number of halogens is 12. The first-order valence-corrected chi connectivity index (χ1v) is 16.9. The van der Waals surface area contributed by atoms with E-state index in [1.807, 2.05) is 6.07 Å². The fourth-order valence-corrected chi connectivity index (χ4v) is 10.5. The van der Waals surface area contributed by atoms with Gasteiger partial charge in [0.1, 0.15) is 0 Å². The minimum atomic E-state index is 0.904. The summed E-state index contributed by atoms with van der Waals surface area (Å²) in [5.74, 6) is 0. The Balaban J connectivity index is 2.57. The van der Waals surface area contributed by atoms with E-state index in [-0.39, 0.29) is 0 Å². The molecule has 0 aromatic heterocycles. The lowest BCUT2D eigenvalue weighted by atomic mass is 9.94. The van der Waals surface area contributed by atoms with Crippen LogP contribution >= 0.6 is 191 Å². The summed E-state index contributed by atoms with van der Waals surface area (Å²) in [5.41, 5.74) is 3.99. The molecule has 0 nitrogen and oxygen atoms in total. The summed E-state index contributed by atoms with van der Waals surface area (Å²) >= 11 is 44.6. The van der Waals surface area contributed by atoms with E-state index in [9.17, 15) is 0 Å². The van der Waals surface area contributed by atoms with Crippen molar-refractivity contribution in [3.05, 3.63) is 65.8 Å². The standard InChI is InChI=1S/C18H2Br12/c19-4-2-1-3(6-9(21)13(25)17(29)14(26)10(6)22)5(8(4)20)7-11(23)15(27)18(30)16(28)12(7)24/h1-2H. The average Bonchev–Trinajstić information content (AvgIpc) is 2.72. The van der Waals surface area contributed by atoms with Gasteiger partial charge in [0.2, 0.25) is 0 Å². The molecule has 0 heterocycles. The van der Waals surface area contributed by atoms with E-state index in [4.69, 9.17) is 0 Å². The molecule has 0 unspecified atom stereocenters. The second-order valence-corrected chi connectivity index (χ2v) is 15.3. The zero-order valence-corrected chi connectivity index (χ0v) is 32.7. The van der Waals surface area contributed by atoms with Crippen LogP contribution in [0.5, 0.6) is 0 Å². The van der Waals surface area contributed by atoms with Gasteiger partial charge in [0.25, 0.3) is 0 Å². The van der Waals surface area contributed by atoms with Gasteiger partial charge in [-0.15, -0.1) is 0 Å². The summed E-state index contributed by atoms with van der Waals surface area (Å²) in [5, 5.41) is 0. The highest BCUT2D eigenvalue weighted by Crippen LogP contribution is 2.56. The molecule has 12 heteroatoms. The molecule has 0 bridgehead atoms. The lowest BCUT2D eigenvalue weighted by Gasteiger charge is -2.22. The van der Waals surface area contributed by atoms with Gasteiger partial charge in [-0.1, -0.05) is 6.07 Å². The Bertz CT molecular complexity index is 1160. The number of hydrogen-bond donors (Lipinski definition) is 0. The topological polar surface area (TPSA) is 0 Å². The van der Waals surface area contributed by atoms with Gasteiger partial charge in [0, 0.05) is 70.4 Å². The maximum atomic E-state index is 3.81. The summed E-state index contributed by atoms with van der Waals surface area (Å²) in [6.07, 6.45) is 0. The number of rotatable bonds is 2. The summed E-state index contributed by atoms with van der Waals surface area (Å²) in [4.78, 5) is 0. The third-order valence-electron chi connectivity index (χ3n) is 4.03. The monoisotopic (exact) mass is 1170 g/mol. The highest BCUT2D eigenvalue weighted by Gasteiger charge is 2.27. The predicted octanol–water partition coefficient (Wildman–Crippen LogP) is 14.2. The van der Waals surface area contributed by atoms with Crippen LogP contribution in [0.1, 0.15) is 0 Å². The van der Waals surface area contributed by atoms with Crippen LogP contribution in [0, 0.1) is 0 Å². The fourth-order valence-electron chi connectivity index (χ4n) is 2.67. The molecule has 0 spiro atoms. The molecule has 0 N–H and O–H groups in total. The first-order chi connectivity index (χ1) is 13.9. The van der Waals surface area contributed by atoms with Gasteiger partial charge in [-0.05, 0) is 203 Å². The van der Waals surface area contributed by atoms with Gasteiger partial charge in [0.15, 0.2) is 0 Å². The molecule has 0 atom stereocenters. The zero-order chi connectivity index (χ0) is 22.7. The molecule has 3 aromatic carbocycles. The SMILES string of the molecule is Brc1ccc(-c2c(Br)c(Br)c(Br)c(Br)c2Br)c(-c2c(Br)c(Br)c(Br)c(Br)c2Br)c1Br. The first-order valence-electron chi connectivity index (χ1n) is 7.43. The van der Waals surface area contributed by atoms with E-state index in [0.29, 0.717) is 0 Å². The van der Waals surface area contributed by atoms with Crippen molar-refractivity contribution < 1.29 is 0 Å². The van der Waals surface area contributed by atoms with Crippen molar-refractivity contribution in [3.8, 4) is 22.3 Å². The Morgan fingerprint density at radius 2 is 0.633 bits per heavy atom. The van der Waals surface area contributed by atoms with Crippen LogP contribution in [0.3, 0.4) is 0 Å². The molecule has 0 amide bonds. The first kappa shape index (κ1) is 28.0. The number of hydrogen-bond acceptors (Lipinski definition) is 0. The Labute approximate surface area is 274 Å². The largest absolute Gasteiger partial charge is 0.0525 e. The van der Waals surface area contributed by atoms with Crippen molar-refractivity contribution in [3.63, 3.8) is 0 Å². The third kappa shape index (κ3) is 4.98. The van der Waals surface area contributed by atoms with Gasteiger partial charge in [-0.2, -0.15) is 0 Å². The number of benzene rings is 3. The van der Waals surface area contributed by atoms with Crippen LogP contribution in [-0.2, 0) is 0 Å². The minimum Gasteiger partial charge on any atom is -0.0525 e. The maximum Gasteiger partial charge on any atom is 0.0482 e. The lowest BCUT2D eigenvalue weighted by Crippen LogP contribution is -1.96. The molecule has 0 aliphatic carbocycles. The van der Waals surface area contributed by atoms with Crippen molar-refractivity contribution in [2.45, 2.75) is 0 Å². The van der Waals surface area contributed by atoms with E-state index >= 15 is 0 Å². The average molecular weight is 1180 g/mol. The highest BCUT2D eigenvalue weighted by molar-refractivity contribution is 9.16. The van der Waals surface area contributed by atoms with E-state index in [1.54, 1.807) is 0 Å². The Hall–Kier alpha value is 3.42. The van der Waals surface area contributed by atoms with Gasteiger partial charge in [-0.25, -0.2) is 0 Å². The summed E-state index contributed by atoms with van der Waals surface area (Å²) in [6.45, 7) is 0. The summed E-state index contributed by atoms with van der Waals surface area (Å²) < 4.78 is 11.0. The van der Waals surface area contributed by atoms with Crippen molar-refractivity contribution >= 4 is 191 Å². The van der Waals surface area contributed by atoms with Crippen LogP contribution in [0.25, 0.3) is 22.3 Å². The van der Waals surface area contributed by atoms with Crippen molar-refractivity contribution in [1.29, 1.82) is 0 Å². The predicted molar refractivity (Wildman–Crippen MR) is 170 cm³/mol. The molecule has 158 valence electrons. The maximum absolute atomic E-state index is 3.81. The molecule has 0 aliphatic heterocycles. The van der Waals surface area contributed by atoms with Crippen LogP contribution in [-0.4, -0.2) is 0 Å². The molecule has 3 rings (SSSR count). The molecule has 0 radical (unpaired) electrons. The third-order valence-corrected chi connectivity index (χ3v) is 18.2. The van der Waals surface area contributed by atoms with E-state index in [1.165, 1.54) is 0 Å². The van der Waals surface area contributed by atoms with E-state index < -0.39 is 0 Å². The summed E-state index contributed by atoms with van der Waals surface area (Å²) in [6, 6.07) is 4.11. The molecule has 0 saturated heterocycles. The molecular formula is C18H2Br12. The Morgan fingerprint density at radius 1 is 0.300 bits per heavy atom. The van der Waals surface area contributed by atoms with Crippen LogP contribution in [0.15, 0.2) is 65.8 Å². The Kier molecular flexibility index (Phi) is 10.5. The molecule has 0 aliphatic rings. The molecule has 30 heavy (non-hydrogen) atoms. The second-order valence-electron chi connectivity index (χ2n) is 5.67. The normalized spacial score (nSPS) is 11.3. The highest BCUT2D eigenvalue weighted by atomic mass is 79.9. The lowest BCUT2D eigenvalue weighted by molar-refractivity contribution is 1.40. The second kappa shape index (κ2) is 11.2. The van der Waals surface area contributed by atoms with Gasteiger partial charge >= 0.3 is 0 Å².